The summed E-state index contributed by atoms with van der Waals surface area (Å²) in [5, 5.41) is 9.28. The van der Waals surface area contributed by atoms with Crippen LogP contribution in [-0.2, 0) is 9.59 Å². The van der Waals surface area contributed by atoms with E-state index in [2.05, 4.69) is 0 Å². The molecular formula is C20H22O4. The molecular weight excluding hydrogens is 304 g/mol. The van der Waals surface area contributed by atoms with Crippen LogP contribution in [0.3, 0.4) is 0 Å². The van der Waals surface area contributed by atoms with E-state index in [4.69, 9.17) is 4.74 Å². The van der Waals surface area contributed by atoms with Crippen molar-refractivity contribution >= 4 is 17.5 Å². The van der Waals surface area contributed by atoms with E-state index >= 15 is 0 Å². The highest BCUT2D eigenvalue weighted by Gasteiger charge is 2.09. The fraction of sp³-hybridized carbons (Fsp3) is 0.200. The Morgan fingerprint density at radius 1 is 1.00 bits per heavy atom. The van der Waals surface area contributed by atoms with Crippen LogP contribution >= 0.6 is 0 Å². The first kappa shape index (κ1) is 19.2. The summed E-state index contributed by atoms with van der Waals surface area (Å²) in [6.07, 6.45) is 13.5. The number of carbonyl (C=O) groups is 2. The first-order chi connectivity index (χ1) is 11.6. The number of hydrogen-bond acceptors (Lipinski definition) is 3. The van der Waals surface area contributed by atoms with Crippen LogP contribution in [0, 0.1) is 0 Å². The molecule has 24 heavy (non-hydrogen) atoms. The molecule has 0 unspecified atom stereocenters. The Morgan fingerprint density at radius 2 is 1.62 bits per heavy atom. The number of aliphatic carboxylic acids is 1. The van der Waals surface area contributed by atoms with E-state index in [9.17, 15) is 14.7 Å². The summed E-state index contributed by atoms with van der Waals surface area (Å²) in [6.45, 7) is 3.97. The maximum atomic E-state index is 11.6. The van der Waals surface area contributed by atoms with Crippen molar-refractivity contribution in [2.45, 2.75) is 26.7 Å². The Bertz CT molecular complexity index is 661. The summed E-state index contributed by atoms with van der Waals surface area (Å²) >= 11 is 0. The zero-order valence-electron chi connectivity index (χ0n) is 13.9. The van der Waals surface area contributed by atoms with Crippen LogP contribution in [0.15, 0.2) is 66.8 Å². The van der Waals surface area contributed by atoms with Crippen LogP contribution in [0.1, 0.15) is 32.3 Å². The molecule has 126 valence electrons. The van der Waals surface area contributed by atoms with Gasteiger partial charge in [0.1, 0.15) is 5.75 Å². The lowest BCUT2D eigenvalue weighted by Crippen LogP contribution is -2.04. The van der Waals surface area contributed by atoms with Gasteiger partial charge in [0.05, 0.1) is 5.57 Å². The van der Waals surface area contributed by atoms with Crippen molar-refractivity contribution in [1.82, 2.24) is 0 Å². The quantitative estimate of drug-likeness (QED) is 0.329. The second-order valence-corrected chi connectivity index (χ2v) is 4.86. The first-order valence-electron chi connectivity index (χ1n) is 7.84. The Morgan fingerprint density at radius 3 is 2.21 bits per heavy atom. The molecule has 0 aliphatic carbocycles. The molecule has 1 aromatic rings. The second kappa shape index (κ2) is 10.8. The zero-order valence-corrected chi connectivity index (χ0v) is 13.9. The molecule has 0 saturated heterocycles. The molecule has 0 aliphatic rings. The molecule has 0 radical (unpaired) electrons. The summed E-state index contributed by atoms with van der Waals surface area (Å²) in [5.74, 6) is -1.13. The highest BCUT2D eigenvalue weighted by atomic mass is 16.5. The van der Waals surface area contributed by atoms with Gasteiger partial charge in [0.15, 0.2) is 0 Å². The molecule has 0 bridgehead atoms. The van der Waals surface area contributed by atoms with E-state index in [0.29, 0.717) is 11.3 Å². The Kier molecular flexibility index (Phi) is 8.61. The average Bonchev–Trinajstić information content (AvgIpc) is 2.56. The predicted molar refractivity (Wildman–Crippen MR) is 95.7 cm³/mol. The number of carboxylic acid groups (broad SMARTS) is 1. The third-order valence-corrected chi connectivity index (χ3v) is 2.96. The maximum Gasteiger partial charge on any atom is 0.336 e. The van der Waals surface area contributed by atoms with Crippen LogP contribution < -0.4 is 4.74 Å². The molecule has 0 heterocycles. The molecule has 0 amide bonds. The number of carboxylic acids is 1. The molecule has 0 spiro atoms. The second-order valence-electron chi connectivity index (χ2n) is 4.86. The summed E-state index contributed by atoms with van der Waals surface area (Å²) in [6, 6.07) is 6.37. The van der Waals surface area contributed by atoms with Crippen molar-refractivity contribution < 1.29 is 19.4 Å². The summed E-state index contributed by atoms with van der Waals surface area (Å²) < 4.78 is 5.15. The smallest absolute Gasteiger partial charge is 0.336 e. The summed E-state index contributed by atoms with van der Waals surface area (Å²) in [7, 11) is 0. The molecule has 0 saturated carbocycles. The van der Waals surface area contributed by atoms with Gasteiger partial charge in [-0.1, -0.05) is 56.4 Å². The Labute approximate surface area is 142 Å². The minimum absolute atomic E-state index is 0.183. The van der Waals surface area contributed by atoms with E-state index < -0.39 is 11.9 Å². The molecule has 4 nitrogen and oxygen atoms in total. The Hall–Kier alpha value is -2.88. The molecule has 0 aliphatic heterocycles. The minimum Gasteiger partial charge on any atom is -0.478 e. The summed E-state index contributed by atoms with van der Waals surface area (Å²) in [5.41, 5.74) is 0.728. The lowest BCUT2D eigenvalue weighted by atomic mass is 10.1. The van der Waals surface area contributed by atoms with Crippen molar-refractivity contribution in [1.29, 1.82) is 0 Å². The topological polar surface area (TPSA) is 63.6 Å². The lowest BCUT2D eigenvalue weighted by molar-refractivity contribution is -0.130. The molecule has 1 rings (SSSR count). The van der Waals surface area contributed by atoms with E-state index in [1.165, 1.54) is 6.08 Å². The minimum atomic E-state index is -1.01. The van der Waals surface area contributed by atoms with E-state index in [1.54, 1.807) is 48.6 Å². The van der Waals surface area contributed by atoms with Crippen LogP contribution in [0.25, 0.3) is 5.57 Å². The fourth-order valence-corrected chi connectivity index (χ4v) is 1.79. The van der Waals surface area contributed by atoms with Crippen molar-refractivity contribution in [3.63, 3.8) is 0 Å². The van der Waals surface area contributed by atoms with Crippen molar-refractivity contribution in [2.75, 3.05) is 0 Å². The molecule has 0 fully saturated rings. The third-order valence-electron chi connectivity index (χ3n) is 2.96. The third kappa shape index (κ3) is 6.92. The highest BCUT2D eigenvalue weighted by molar-refractivity contribution is 6.15. The van der Waals surface area contributed by atoms with E-state index in [0.717, 1.165) is 12.8 Å². The largest absolute Gasteiger partial charge is 0.478 e. The SMILES string of the molecule is CC/C=C/C=C/C(=O)Oc1ccc(/C(=C\C=C\CC)C(=O)O)cc1. The average molecular weight is 326 g/mol. The Balaban J connectivity index is 2.80. The predicted octanol–water partition coefficient (Wildman–Crippen LogP) is 4.55. The van der Waals surface area contributed by atoms with Gasteiger partial charge in [-0.05, 0) is 36.6 Å². The number of benzene rings is 1. The van der Waals surface area contributed by atoms with Crippen LogP contribution in [0.2, 0.25) is 0 Å². The number of carbonyl (C=O) groups excluding carboxylic acids is 1. The normalized spacial score (nSPS) is 12.3. The number of esters is 1. The van der Waals surface area contributed by atoms with Crippen LogP contribution in [-0.4, -0.2) is 17.0 Å². The number of ether oxygens (including phenoxy) is 1. The van der Waals surface area contributed by atoms with Gasteiger partial charge in [0.2, 0.25) is 0 Å². The van der Waals surface area contributed by atoms with Gasteiger partial charge in [-0.25, -0.2) is 9.59 Å². The first-order valence-corrected chi connectivity index (χ1v) is 7.84. The van der Waals surface area contributed by atoms with Crippen molar-refractivity contribution in [3.05, 3.63) is 72.4 Å². The van der Waals surface area contributed by atoms with Crippen molar-refractivity contribution in [3.8, 4) is 5.75 Å². The number of rotatable bonds is 8. The molecule has 0 atom stereocenters. The van der Waals surface area contributed by atoms with Gasteiger partial charge in [0.25, 0.3) is 0 Å². The molecule has 1 N–H and O–H groups in total. The zero-order chi connectivity index (χ0) is 17.8. The highest BCUT2D eigenvalue weighted by Crippen LogP contribution is 2.19. The van der Waals surface area contributed by atoms with Gasteiger partial charge >= 0.3 is 11.9 Å². The van der Waals surface area contributed by atoms with Crippen LogP contribution in [0.5, 0.6) is 5.75 Å². The number of allylic oxidation sites excluding steroid dienone is 6. The maximum absolute atomic E-state index is 11.6. The monoisotopic (exact) mass is 326 g/mol. The van der Waals surface area contributed by atoms with Gasteiger partial charge in [-0.15, -0.1) is 0 Å². The molecule has 1 aromatic carbocycles. The van der Waals surface area contributed by atoms with E-state index in [1.807, 2.05) is 26.0 Å². The fourth-order valence-electron chi connectivity index (χ4n) is 1.79. The molecule has 4 heteroatoms. The summed E-state index contributed by atoms with van der Waals surface area (Å²) in [4.78, 5) is 22.9. The van der Waals surface area contributed by atoms with Gasteiger partial charge in [-0.3, -0.25) is 0 Å². The lowest BCUT2D eigenvalue weighted by Gasteiger charge is -2.04. The van der Waals surface area contributed by atoms with Crippen LogP contribution in [0.4, 0.5) is 0 Å². The van der Waals surface area contributed by atoms with Gasteiger partial charge < -0.3 is 9.84 Å². The van der Waals surface area contributed by atoms with Crippen molar-refractivity contribution in [2.24, 2.45) is 0 Å². The van der Waals surface area contributed by atoms with Gasteiger partial charge in [-0.2, -0.15) is 0 Å². The number of hydrogen-bond donors (Lipinski definition) is 1. The standard InChI is InChI=1S/C20H22O4/c1-3-5-7-9-11-19(21)24-17-14-12-16(13-15-17)18(20(22)23)10-8-6-4-2/h5-15H,3-4H2,1-2H3,(H,22,23)/b7-5+,8-6+,11-9+,18-10+. The van der Waals surface area contributed by atoms with Gasteiger partial charge in [0, 0.05) is 6.08 Å². The molecule has 0 aromatic heterocycles. The van der Waals surface area contributed by atoms with E-state index in [-0.39, 0.29) is 5.57 Å².